The van der Waals surface area contributed by atoms with E-state index in [1.807, 2.05) is 49.4 Å². The quantitative estimate of drug-likeness (QED) is 0.496. The highest BCUT2D eigenvalue weighted by molar-refractivity contribution is 7.86. The lowest BCUT2D eigenvalue weighted by Crippen LogP contribution is -2.42. The van der Waals surface area contributed by atoms with E-state index in [9.17, 15) is 14.1 Å². The molecule has 0 fully saturated rings. The van der Waals surface area contributed by atoms with E-state index in [2.05, 4.69) is 0 Å². The molecule has 29 heavy (non-hydrogen) atoms. The van der Waals surface area contributed by atoms with Crippen LogP contribution in [-0.2, 0) is 31.7 Å². The number of benzene rings is 2. The van der Waals surface area contributed by atoms with Crippen LogP contribution < -0.4 is 0 Å². The normalized spacial score (nSPS) is 14.8. The molecule has 0 aliphatic carbocycles. The number of rotatable bonds is 9. The Bertz CT molecular complexity index is 796. The van der Waals surface area contributed by atoms with E-state index in [0.29, 0.717) is 11.5 Å². The maximum atomic E-state index is 13.1. The molecule has 0 spiro atoms. The van der Waals surface area contributed by atoms with Gasteiger partial charge in [-0.05, 0) is 51.8 Å². The fourth-order valence-corrected chi connectivity index (χ4v) is 4.03. The summed E-state index contributed by atoms with van der Waals surface area (Å²) in [6, 6.07) is 16.8. The number of carbonyl (C=O) groups excluding carboxylic acids is 1. The Kier molecular flexibility index (Phi) is 8.56. The molecule has 158 valence electrons. The van der Waals surface area contributed by atoms with E-state index >= 15 is 0 Å². The van der Waals surface area contributed by atoms with Crippen LogP contribution in [0.1, 0.15) is 38.3 Å². The summed E-state index contributed by atoms with van der Waals surface area (Å²) in [4.78, 5) is 13.2. The van der Waals surface area contributed by atoms with E-state index < -0.39 is 33.7 Å². The first-order valence-electron chi connectivity index (χ1n) is 9.67. The second-order valence-electron chi connectivity index (χ2n) is 7.96. The lowest BCUT2D eigenvalue weighted by atomic mass is 10.1. The van der Waals surface area contributed by atoms with Gasteiger partial charge in [-0.15, -0.1) is 0 Å². The Morgan fingerprint density at radius 2 is 1.69 bits per heavy atom. The zero-order valence-corrected chi connectivity index (χ0v) is 18.3. The Morgan fingerprint density at radius 3 is 2.28 bits per heavy atom. The van der Waals surface area contributed by atoms with Crippen LogP contribution >= 0.6 is 0 Å². The molecule has 0 saturated carbocycles. The number of esters is 1. The number of aliphatic hydroxyl groups excluding tert-OH is 1. The molecule has 1 unspecified atom stereocenters. The van der Waals surface area contributed by atoms with Crippen LogP contribution in [0.4, 0.5) is 0 Å². The number of carbonyl (C=O) groups is 1. The summed E-state index contributed by atoms with van der Waals surface area (Å²) in [6.45, 7) is 7.80. The molecular weight excluding hydrogens is 388 g/mol. The van der Waals surface area contributed by atoms with E-state index in [1.165, 1.54) is 0 Å². The largest absolute Gasteiger partial charge is 0.459 e. The van der Waals surface area contributed by atoms with Crippen LogP contribution in [-0.4, -0.2) is 38.8 Å². The van der Waals surface area contributed by atoms with Crippen molar-refractivity contribution in [1.29, 1.82) is 0 Å². The summed E-state index contributed by atoms with van der Waals surface area (Å²) in [5, 5.41) is 9.50. The second-order valence-corrected chi connectivity index (χ2v) is 9.53. The van der Waals surface area contributed by atoms with Gasteiger partial charge in [0.25, 0.3) is 0 Å². The molecule has 0 aliphatic rings. The van der Waals surface area contributed by atoms with E-state index in [0.717, 1.165) is 11.1 Å². The number of aliphatic hydroxyl groups is 1. The molecule has 0 aromatic heterocycles. The van der Waals surface area contributed by atoms with E-state index in [-0.39, 0.29) is 13.0 Å². The summed E-state index contributed by atoms with van der Waals surface area (Å²) in [6.07, 6.45) is -0.975. The van der Waals surface area contributed by atoms with Crippen molar-refractivity contribution in [3.8, 4) is 0 Å². The third-order valence-electron chi connectivity index (χ3n) is 4.14. The summed E-state index contributed by atoms with van der Waals surface area (Å²) < 4.78 is 24.1. The van der Waals surface area contributed by atoms with Crippen molar-refractivity contribution in [2.75, 3.05) is 6.61 Å². The van der Waals surface area contributed by atoms with Crippen molar-refractivity contribution in [3.05, 3.63) is 65.7 Å². The maximum Gasteiger partial charge on any atom is 0.325 e. The first kappa shape index (κ1) is 23.3. The van der Waals surface area contributed by atoms with Gasteiger partial charge in [-0.25, -0.2) is 0 Å². The minimum Gasteiger partial charge on any atom is -0.459 e. The van der Waals surface area contributed by atoms with Crippen molar-refractivity contribution < 1.29 is 23.6 Å². The minimum absolute atomic E-state index is 0.175. The van der Waals surface area contributed by atoms with Crippen LogP contribution in [0.3, 0.4) is 0 Å². The third-order valence-corrected chi connectivity index (χ3v) is 5.85. The molecule has 0 heterocycles. The monoisotopic (exact) mass is 418 g/mol. The van der Waals surface area contributed by atoms with Crippen molar-refractivity contribution in [3.63, 3.8) is 0 Å². The summed E-state index contributed by atoms with van der Waals surface area (Å²) >= 11 is 0. The summed E-state index contributed by atoms with van der Waals surface area (Å²) in [5.41, 5.74) is 1.31. The molecule has 2 aromatic rings. The van der Waals surface area contributed by atoms with Gasteiger partial charge in [0.1, 0.15) is 5.60 Å². The van der Waals surface area contributed by atoms with E-state index in [1.54, 1.807) is 32.9 Å². The van der Waals surface area contributed by atoms with Gasteiger partial charge in [0.15, 0.2) is 5.25 Å². The molecule has 5 nitrogen and oxygen atoms in total. The Balaban J connectivity index is 2.05. The maximum absolute atomic E-state index is 13.1. The highest BCUT2D eigenvalue weighted by atomic mass is 32.2. The average molecular weight is 419 g/mol. The van der Waals surface area contributed by atoms with Crippen molar-refractivity contribution in [2.24, 2.45) is 0 Å². The zero-order chi connectivity index (χ0) is 21.4. The lowest BCUT2D eigenvalue weighted by Gasteiger charge is -2.26. The number of hydrogen-bond acceptors (Lipinski definition) is 5. The van der Waals surface area contributed by atoms with Crippen LogP contribution in [0, 0.1) is 6.92 Å². The minimum atomic E-state index is -1.75. The molecule has 2 aromatic carbocycles. The molecule has 2 rings (SSSR count). The first-order chi connectivity index (χ1) is 13.7. The van der Waals surface area contributed by atoms with Gasteiger partial charge in [0.2, 0.25) is 0 Å². The average Bonchev–Trinajstić information content (AvgIpc) is 2.65. The predicted octanol–water partition coefficient (Wildman–Crippen LogP) is 3.78. The number of hydrogen-bond donors (Lipinski definition) is 1. The highest BCUT2D eigenvalue weighted by Crippen LogP contribution is 2.21. The van der Waals surface area contributed by atoms with Gasteiger partial charge in [0, 0.05) is 11.5 Å². The molecule has 0 radical (unpaired) electrons. The van der Waals surface area contributed by atoms with Crippen LogP contribution in [0.25, 0.3) is 0 Å². The first-order valence-corrected chi connectivity index (χ1v) is 10.9. The molecule has 0 saturated heterocycles. The summed E-state index contributed by atoms with van der Waals surface area (Å²) in [7, 11) is -1.75. The molecule has 0 bridgehead atoms. The van der Waals surface area contributed by atoms with Gasteiger partial charge in [-0.3, -0.25) is 9.00 Å². The lowest BCUT2D eigenvalue weighted by molar-refractivity contribution is -0.156. The Morgan fingerprint density at radius 1 is 1.07 bits per heavy atom. The number of aryl methyl sites for hydroxylation is 1. The SMILES string of the molecule is Cc1ccc(S(=O)[C@H](C(=O)OC(C)(C)C)[C@@H](O)CCOCc2ccccc2)cc1. The molecule has 3 atom stereocenters. The van der Waals surface area contributed by atoms with Crippen molar-refractivity contribution >= 4 is 16.8 Å². The van der Waals surface area contributed by atoms with E-state index in [4.69, 9.17) is 9.47 Å². The van der Waals surface area contributed by atoms with Crippen LogP contribution in [0.2, 0.25) is 0 Å². The number of ether oxygens (including phenoxy) is 2. The van der Waals surface area contributed by atoms with Gasteiger partial charge < -0.3 is 14.6 Å². The topological polar surface area (TPSA) is 72.8 Å². The third kappa shape index (κ3) is 7.72. The summed E-state index contributed by atoms with van der Waals surface area (Å²) in [5.74, 6) is -0.674. The van der Waals surface area contributed by atoms with Crippen LogP contribution in [0.15, 0.2) is 59.5 Å². The predicted molar refractivity (Wildman–Crippen MR) is 114 cm³/mol. The Labute approximate surface area is 175 Å². The Hall–Kier alpha value is -2.02. The highest BCUT2D eigenvalue weighted by Gasteiger charge is 2.36. The standard InChI is InChI=1S/C23H30O5S/c1-17-10-12-19(13-11-17)29(26)21(22(25)28-23(2,3)4)20(24)14-15-27-16-18-8-6-5-7-9-18/h5-13,20-21,24H,14-16H2,1-4H3/t20-,21-,29?/m0/s1. The molecule has 1 N–H and O–H groups in total. The van der Waals surface area contributed by atoms with Crippen LogP contribution in [0.5, 0.6) is 0 Å². The van der Waals surface area contributed by atoms with Crippen molar-refractivity contribution in [2.45, 2.75) is 62.6 Å². The molecule has 6 heteroatoms. The van der Waals surface area contributed by atoms with Crippen molar-refractivity contribution in [1.82, 2.24) is 0 Å². The smallest absolute Gasteiger partial charge is 0.325 e. The van der Waals surface area contributed by atoms with Gasteiger partial charge in [-0.2, -0.15) is 0 Å². The molecular formula is C23H30O5S. The van der Waals surface area contributed by atoms with Gasteiger partial charge in [0.05, 0.1) is 23.5 Å². The second kappa shape index (κ2) is 10.7. The zero-order valence-electron chi connectivity index (χ0n) is 17.5. The van der Waals surface area contributed by atoms with Gasteiger partial charge >= 0.3 is 5.97 Å². The molecule has 0 amide bonds. The molecule has 0 aliphatic heterocycles. The fraction of sp³-hybridized carbons (Fsp3) is 0.435. The fourth-order valence-electron chi connectivity index (χ4n) is 2.69. The van der Waals surface area contributed by atoms with Gasteiger partial charge in [-0.1, -0.05) is 48.0 Å².